The van der Waals surface area contributed by atoms with Crippen LogP contribution in [0, 0.1) is 0 Å². The quantitative estimate of drug-likeness (QED) is 0.199. The number of benzene rings is 2. The molecule has 9 nitrogen and oxygen atoms in total. The van der Waals surface area contributed by atoms with Crippen LogP contribution < -0.4 is 58.3 Å². The number of carbonyl (C=O) groups is 1. The molecule has 2 aromatic carbocycles. The normalized spacial score (nSPS) is 16.9. The second-order valence-corrected chi connectivity index (χ2v) is 9.88. The number of halogens is 2. The van der Waals surface area contributed by atoms with Crippen LogP contribution in [0.4, 0.5) is 5.69 Å². The van der Waals surface area contributed by atoms with Crippen LogP contribution in [-0.4, -0.2) is 79.8 Å². The Kier molecular flexibility index (Phi) is 13.7. The highest BCUT2D eigenvalue weighted by molar-refractivity contribution is 7.11. The molecule has 1 saturated heterocycles. The number of nitrogens with one attached hydrogen (secondary N) is 2. The molecule has 2 heterocycles. The van der Waals surface area contributed by atoms with E-state index in [4.69, 9.17) is 28.4 Å². The molecule has 12 heteroatoms. The number of ether oxygens (including phenoxy) is 6. The highest BCUT2D eigenvalue weighted by Crippen LogP contribution is 2.40. The third-order valence-corrected chi connectivity index (χ3v) is 7.48. The van der Waals surface area contributed by atoms with Crippen LogP contribution in [0.1, 0.15) is 9.67 Å². The maximum Gasteiger partial charge on any atom is 0.348 e. The van der Waals surface area contributed by atoms with Crippen molar-refractivity contribution in [2.24, 2.45) is 0 Å². The monoisotopic (exact) mass is 614 g/mol. The molecule has 220 valence electrons. The van der Waals surface area contributed by atoms with E-state index < -0.39 is 6.10 Å². The van der Waals surface area contributed by atoms with Gasteiger partial charge in [-0.25, -0.2) is 4.79 Å². The third-order valence-electron chi connectivity index (χ3n) is 6.64. The van der Waals surface area contributed by atoms with E-state index in [0.29, 0.717) is 34.4 Å². The molecule has 1 unspecified atom stereocenters. The molecule has 3 aromatic rings. The number of piperazine rings is 1. The molecule has 40 heavy (non-hydrogen) atoms. The van der Waals surface area contributed by atoms with E-state index in [2.05, 4.69) is 6.07 Å². The number of thiophene rings is 1. The number of para-hydroxylation sites is 2. The number of hydrogen-bond donors (Lipinski definition) is 2. The largest absolute Gasteiger partial charge is 1.00 e. The lowest BCUT2D eigenvalue weighted by Gasteiger charge is -2.31. The Bertz CT molecular complexity index is 1170. The van der Waals surface area contributed by atoms with Crippen LogP contribution in [0.15, 0.2) is 53.9 Å². The molecule has 0 bridgehead atoms. The molecule has 0 aliphatic carbocycles. The Morgan fingerprint density at radius 3 is 2.08 bits per heavy atom. The summed E-state index contributed by atoms with van der Waals surface area (Å²) >= 11 is 1.36. The van der Waals surface area contributed by atoms with Gasteiger partial charge in [-0.15, -0.1) is 11.3 Å². The smallest absolute Gasteiger partial charge is 0.348 e. The first-order chi connectivity index (χ1) is 18.6. The summed E-state index contributed by atoms with van der Waals surface area (Å²) in [5, 5.41) is 1.86. The molecule has 1 aliphatic rings. The summed E-state index contributed by atoms with van der Waals surface area (Å²) in [6.07, 6.45) is -0.438. The highest BCUT2D eigenvalue weighted by atomic mass is 35.5. The average molecular weight is 616 g/mol. The van der Waals surface area contributed by atoms with Crippen molar-refractivity contribution in [3.05, 3.63) is 58.8 Å². The Morgan fingerprint density at radius 2 is 1.50 bits per heavy atom. The highest BCUT2D eigenvalue weighted by Gasteiger charge is 2.30. The first-order valence-corrected chi connectivity index (χ1v) is 13.4. The van der Waals surface area contributed by atoms with Gasteiger partial charge in [0.2, 0.25) is 5.75 Å². The zero-order chi connectivity index (χ0) is 26.9. The van der Waals surface area contributed by atoms with Gasteiger partial charge in [0.15, 0.2) is 29.0 Å². The Hall–Kier alpha value is -2.89. The van der Waals surface area contributed by atoms with E-state index in [-0.39, 0.29) is 37.4 Å². The minimum absolute atomic E-state index is 0. The first-order valence-electron chi connectivity index (χ1n) is 12.5. The minimum atomic E-state index is -0.438. The molecule has 2 N–H and O–H groups in total. The zero-order valence-electron chi connectivity index (χ0n) is 23.0. The van der Waals surface area contributed by atoms with E-state index >= 15 is 0 Å². The van der Waals surface area contributed by atoms with Gasteiger partial charge < -0.3 is 58.1 Å². The molecule has 1 atom stereocenters. The molecular weight excluding hydrogens is 579 g/mol. The van der Waals surface area contributed by atoms with Gasteiger partial charge in [-0.3, -0.25) is 4.90 Å². The topological polar surface area (TPSA) is 81.3 Å². The number of methoxy groups -OCH3 is 4. The number of hydrogen-bond acceptors (Lipinski definition) is 8. The van der Waals surface area contributed by atoms with Gasteiger partial charge >= 0.3 is 5.97 Å². The number of carbonyl (C=O) groups excluding carboxylic acids is 1. The molecule has 0 amide bonds. The predicted octanol–water partition coefficient (Wildman–Crippen LogP) is -4.49. The minimum Gasteiger partial charge on any atom is -1.00 e. The van der Waals surface area contributed by atoms with Crippen LogP contribution in [0.2, 0.25) is 0 Å². The van der Waals surface area contributed by atoms with Crippen LogP contribution in [0.3, 0.4) is 0 Å². The summed E-state index contributed by atoms with van der Waals surface area (Å²) in [6.45, 7) is 4.61. The molecule has 1 fully saturated rings. The number of rotatable bonds is 12. The summed E-state index contributed by atoms with van der Waals surface area (Å²) in [5.41, 5.74) is 1.18. The van der Waals surface area contributed by atoms with Crippen LogP contribution in [0.25, 0.3) is 0 Å². The fourth-order valence-electron chi connectivity index (χ4n) is 4.71. The molecule has 0 radical (unpaired) electrons. The van der Waals surface area contributed by atoms with E-state index in [1.54, 1.807) is 46.6 Å². The van der Waals surface area contributed by atoms with Crippen LogP contribution >= 0.6 is 11.3 Å². The van der Waals surface area contributed by atoms with Gasteiger partial charge in [-0.2, -0.15) is 0 Å². The Labute approximate surface area is 251 Å². The van der Waals surface area contributed by atoms with E-state index in [1.165, 1.54) is 26.8 Å². The maximum absolute atomic E-state index is 12.8. The summed E-state index contributed by atoms with van der Waals surface area (Å²) in [7, 11) is 6.38. The summed E-state index contributed by atoms with van der Waals surface area (Å²) in [6, 6.07) is 15.2. The molecule has 0 spiro atoms. The third kappa shape index (κ3) is 8.31. The van der Waals surface area contributed by atoms with Crippen molar-refractivity contribution >= 4 is 23.0 Å². The Morgan fingerprint density at radius 1 is 0.850 bits per heavy atom. The molecule has 1 aromatic heterocycles. The maximum atomic E-state index is 12.8. The lowest BCUT2D eigenvalue weighted by atomic mass is 10.2. The molecular formula is C28H36Cl2N2O7S. The van der Waals surface area contributed by atoms with Crippen LogP contribution in [-0.2, 0) is 4.74 Å². The van der Waals surface area contributed by atoms with E-state index in [1.807, 2.05) is 29.6 Å². The van der Waals surface area contributed by atoms with Gasteiger partial charge in [0.25, 0.3) is 0 Å². The van der Waals surface area contributed by atoms with E-state index in [9.17, 15) is 4.79 Å². The fourth-order valence-corrected chi connectivity index (χ4v) is 5.31. The fraction of sp³-hybridized carbons (Fsp3) is 0.393. The lowest BCUT2D eigenvalue weighted by molar-refractivity contribution is -0.987. The zero-order valence-corrected chi connectivity index (χ0v) is 25.4. The van der Waals surface area contributed by atoms with Gasteiger partial charge in [0.05, 0.1) is 28.4 Å². The van der Waals surface area contributed by atoms with Crippen molar-refractivity contribution in [2.45, 2.75) is 6.10 Å². The van der Waals surface area contributed by atoms with Gasteiger partial charge in [-0.1, -0.05) is 18.2 Å². The van der Waals surface area contributed by atoms with Crippen molar-refractivity contribution in [3.63, 3.8) is 0 Å². The standard InChI is InChI=1S/C28H34N2O7S.2ClH/c1-32-23-9-6-5-8-22(23)30-13-11-29(12-14-30)18-21(37-28(31)26-10-7-15-38-26)19-36-20-16-24(33-2)27(35-4)25(17-20)34-3;;/h5-10,15-17,21H,11-14,18-19H2,1-4H3;2*1H. The van der Waals surface area contributed by atoms with Crippen molar-refractivity contribution in [3.8, 4) is 28.7 Å². The van der Waals surface area contributed by atoms with Crippen molar-refractivity contribution in [1.29, 1.82) is 0 Å². The second kappa shape index (κ2) is 16.4. The molecule has 1 aliphatic heterocycles. The summed E-state index contributed by atoms with van der Waals surface area (Å²) in [4.78, 5) is 16.1. The van der Waals surface area contributed by atoms with Crippen molar-refractivity contribution in [1.82, 2.24) is 0 Å². The SMILES string of the molecule is COc1ccccc1[NH+]1CC[NH+](CC(COc2cc(OC)c(OC)c(OC)c2)OC(=O)c2cccs2)CC1.[Cl-].[Cl-]. The Balaban J connectivity index is 0.00000280. The van der Waals surface area contributed by atoms with Gasteiger partial charge in [0, 0.05) is 18.2 Å². The second-order valence-electron chi connectivity index (χ2n) is 8.93. The van der Waals surface area contributed by atoms with Gasteiger partial charge in [0.1, 0.15) is 50.0 Å². The van der Waals surface area contributed by atoms with Crippen molar-refractivity contribution < 1.29 is 67.8 Å². The summed E-state index contributed by atoms with van der Waals surface area (Å²) in [5.74, 6) is 2.59. The molecule has 0 saturated carbocycles. The lowest BCUT2D eigenvalue weighted by Crippen LogP contribution is -3.26. The molecule has 4 rings (SSSR count). The van der Waals surface area contributed by atoms with E-state index in [0.717, 1.165) is 31.9 Å². The predicted molar refractivity (Wildman–Crippen MR) is 144 cm³/mol. The van der Waals surface area contributed by atoms with Crippen molar-refractivity contribution in [2.75, 3.05) is 67.8 Å². The number of esters is 1. The number of quaternary nitrogens is 2. The average Bonchev–Trinajstić information content (AvgIpc) is 3.51. The van der Waals surface area contributed by atoms with Crippen LogP contribution in [0.5, 0.6) is 28.7 Å². The van der Waals surface area contributed by atoms with Gasteiger partial charge in [-0.05, 0) is 17.5 Å². The first kappa shape index (κ1) is 33.3. The summed E-state index contributed by atoms with van der Waals surface area (Å²) < 4.78 is 33.9.